The van der Waals surface area contributed by atoms with Crippen molar-refractivity contribution in [1.82, 2.24) is 10.2 Å². The molecule has 1 aliphatic carbocycles. The number of piperidine rings is 1. The summed E-state index contributed by atoms with van der Waals surface area (Å²) in [4.78, 5) is 28.7. The zero-order valence-corrected chi connectivity index (χ0v) is 24.8. The van der Waals surface area contributed by atoms with Crippen LogP contribution in [-0.2, 0) is 10.2 Å². The van der Waals surface area contributed by atoms with Crippen molar-refractivity contribution in [2.24, 2.45) is 0 Å². The molecular formula is C31H32Br2N2O3. The minimum atomic E-state index is -0.160. The second-order valence-corrected chi connectivity index (χ2v) is 12.3. The third-order valence-electron chi connectivity index (χ3n) is 8.19. The van der Waals surface area contributed by atoms with E-state index < -0.39 is 0 Å². The Kier molecular flexibility index (Phi) is 7.96. The van der Waals surface area contributed by atoms with Crippen LogP contribution in [0.5, 0.6) is 5.75 Å². The van der Waals surface area contributed by atoms with Gasteiger partial charge in [0.25, 0.3) is 5.91 Å². The van der Waals surface area contributed by atoms with Crippen molar-refractivity contribution in [3.05, 3.63) is 97.9 Å². The summed E-state index contributed by atoms with van der Waals surface area (Å²) in [7, 11) is 1.57. The van der Waals surface area contributed by atoms with Crippen LogP contribution in [0.2, 0.25) is 0 Å². The lowest BCUT2D eigenvalue weighted by atomic mass is 9.64. The van der Waals surface area contributed by atoms with Gasteiger partial charge in [-0.2, -0.15) is 0 Å². The van der Waals surface area contributed by atoms with E-state index in [0.717, 1.165) is 40.2 Å². The summed E-state index contributed by atoms with van der Waals surface area (Å²) in [6.07, 6.45) is 3.19. The number of methoxy groups -OCH3 is 1. The Morgan fingerprint density at radius 2 is 1.63 bits per heavy atom. The van der Waals surface area contributed by atoms with Crippen LogP contribution in [0.4, 0.5) is 0 Å². The first-order valence-electron chi connectivity index (χ1n) is 13.1. The Labute approximate surface area is 241 Å². The number of nitrogens with one attached hydrogen (secondary N) is 1. The molecule has 38 heavy (non-hydrogen) atoms. The lowest BCUT2D eigenvalue weighted by Gasteiger charge is -2.42. The van der Waals surface area contributed by atoms with Gasteiger partial charge in [-0.05, 0) is 78.8 Å². The molecule has 5 rings (SSSR count). The minimum absolute atomic E-state index is 0.0340. The topological polar surface area (TPSA) is 58.6 Å². The molecule has 2 amide bonds. The molecule has 2 aliphatic rings. The average Bonchev–Trinajstić information content (AvgIpc) is 2.94. The van der Waals surface area contributed by atoms with E-state index >= 15 is 0 Å². The number of rotatable bonds is 5. The lowest BCUT2D eigenvalue weighted by molar-refractivity contribution is -0.134. The summed E-state index contributed by atoms with van der Waals surface area (Å²) in [5.74, 6) is 0.476. The van der Waals surface area contributed by atoms with Crippen LogP contribution in [-0.4, -0.2) is 43.0 Å². The number of hydrogen-bond donors (Lipinski definition) is 1. The number of nitrogens with zero attached hydrogens (tertiary/aromatic N) is 1. The Bertz CT molecular complexity index is 1340. The molecule has 5 nitrogen and oxygen atoms in total. The van der Waals surface area contributed by atoms with Gasteiger partial charge in [0.15, 0.2) is 0 Å². The smallest absolute Gasteiger partial charge is 0.255 e. The molecule has 0 bridgehead atoms. The standard InChI is InChI=1S/C31H32Br2N2O3/c1-31(20-7-9-21(32)10-8-20)16-13-25(24-12-11-22(33)19-27(24)31)30(37)35-17-14-23(15-18-35)34-29(36)26-5-3-4-6-28(26)38-2/h3-12,19,23,25H,13-18H2,1-2H3,(H,34,36)/t25-,31+/m0/s1. The molecule has 3 aromatic rings. The van der Waals surface area contributed by atoms with Gasteiger partial charge in [0.05, 0.1) is 18.6 Å². The van der Waals surface area contributed by atoms with Crippen LogP contribution in [0, 0.1) is 0 Å². The van der Waals surface area contributed by atoms with Crippen LogP contribution in [0.25, 0.3) is 0 Å². The van der Waals surface area contributed by atoms with Gasteiger partial charge < -0.3 is 15.0 Å². The van der Waals surface area contributed by atoms with Crippen molar-refractivity contribution >= 4 is 43.7 Å². The maximum absolute atomic E-state index is 13.8. The third-order valence-corrected chi connectivity index (χ3v) is 9.21. The number of halogens is 2. The second-order valence-electron chi connectivity index (χ2n) is 10.4. The quantitative estimate of drug-likeness (QED) is 0.333. The Morgan fingerprint density at radius 3 is 2.34 bits per heavy atom. The molecule has 1 saturated heterocycles. The zero-order valence-electron chi connectivity index (χ0n) is 21.7. The largest absolute Gasteiger partial charge is 0.496 e. The molecular weight excluding hydrogens is 608 g/mol. The predicted molar refractivity (Wildman–Crippen MR) is 157 cm³/mol. The SMILES string of the molecule is COc1ccccc1C(=O)NC1CCN(C(=O)[C@H]2CC[C@](C)(c3ccc(Br)cc3)c3cc(Br)ccc32)CC1. The first-order chi connectivity index (χ1) is 18.3. The van der Waals surface area contributed by atoms with E-state index in [-0.39, 0.29) is 29.2 Å². The highest BCUT2D eigenvalue weighted by Gasteiger charge is 2.41. The number of amides is 2. The summed E-state index contributed by atoms with van der Waals surface area (Å²) in [6, 6.07) is 22.2. The van der Waals surface area contributed by atoms with Crippen LogP contribution in [0.3, 0.4) is 0 Å². The Morgan fingerprint density at radius 1 is 0.947 bits per heavy atom. The van der Waals surface area contributed by atoms with Crippen molar-refractivity contribution in [3.8, 4) is 5.75 Å². The molecule has 198 valence electrons. The molecule has 1 heterocycles. The van der Waals surface area contributed by atoms with Gasteiger partial charge in [-0.15, -0.1) is 0 Å². The predicted octanol–water partition coefficient (Wildman–Crippen LogP) is 6.82. The number of benzene rings is 3. The Hall–Kier alpha value is -2.64. The highest BCUT2D eigenvalue weighted by atomic mass is 79.9. The molecule has 2 atom stereocenters. The molecule has 3 aromatic carbocycles. The van der Waals surface area contributed by atoms with Gasteiger partial charge in [0.1, 0.15) is 5.75 Å². The van der Waals surface area contributed by atoms with Crippen LogP contribution in [0.15, 0.2) is 75.7 Å². The van der Waals surface area contributed by atoms with Gasteiger partial charge in [-0.1, -0.05) is 69.1 Å². The third kappa shape index (κ3) is 5.28. The molecule has 0 spiro atoms. The number of carbonyl (C=O) groups is 2. The number of hydrogen-bond acceptors (Lipinski definition) is 3. The summed E-state index contributed by atoms with van der Waals surface area (Å²) in [5.41, 5.74) is 3.98. The summed E-state index contributed by atoms with van der Waals surface area (Å²) in [5, 5.41) is 3.14. The number of ether oxygens (including phenoxy) is 1. The summed E-state index contributed by atoms with van der Waals surface area (Å²) < 4.78 is 7.42. The maximum Gasteiger partial charge on any atom is 0.255 e. The number of carbonyl (C=O) groups excluding carboxylic acids is 2. The highest BCUT2D eigenvalue weighted by molar-refractivity contribution is 9.10. The highest BCUT2D eigenvalue weighted by Crippen LogP contribution is 2.48. The Balaban J connectivity index is 1.29. The maximum atomic E-state index is 13.8. The fraction of sp³-hybridized carbons (Fsp3) is 0.355. The van der Waals surface area contributed by atoms with E-state index in [0.29, 0.717) is 24.4 Å². The molecule has 0 unspecified atom stereocenters. The van der Waals surface area contributed by atoms with Gasteiger partial charge in [0, 0.05) is 33.5 Å². The molecule has 0 saturated carbocycles. The first-order valence-corrected chi connectivity index (χ1v) is 14.7. The van der Waals surface area contributed by atoms with Crippen LogP contribution >= 0.6 is 31.9 Å². The van der Waals surface area contributed by atoms with E-state index in [1.54, 1.807) is 19.2 Å². The minimum Gasteiger partial charge on any atom is -0.496 e. The second kappa shape index (κ2) is 11.2. The van der Waals surface area contributed by atoms with Gasteiger partial charge in [0.2, 0.25) is 5.91 Å². The number of fused-ring (bicyclic) bond motifs is 1. The van der Waals surface area contributed by atoms with Crippen LogP contribution < -0.4 is 10.1 Å². The van der Waals surface area contributed by atoms with Crippen molar-refractivity contribution in [1.29, 1.82) is 0 Å². The van der Waals surface area contributed by atoms with E-state index in [4.69, 9.17) is 4.74 Å². The summed E-state index contributed by atoms with van der Waals surface area (Å²) >= 11 is 7.22. The van der Waals surface area contributed by atoms with Crippen molar-refractivity contribution in [3.63, 3.8) is 0 Å². The number of likely N-dealkylation sites (tertiary alicyclic amines) is 1. The first kappa shape index (κ1) is 26.9. The van der Waals surface area contributed by atoms with Gasteiger partial charge in [-0.3, -0.25) is 9.59 Å². The normalized spacial score (nSPS) is 21.5. The molecule has 0 radical (unpaired) electrons. The van der Waals surface area contributed by atoms with Gasteiger partial charge in [-0.25, -0.2) is 0 Å². The molecule has 1 fully saturated rings. The summed E-state index contributed by atoms with van der Waals surface area (Å²) in [6.45, 7) is 3.57. The lowest BCUT2D eigenvalue weighted by Crippen LogP contribution is -2.48. The van der Waals surface area contributed by atoms with E-state index in [2.05, 4.69) is 80.5 Å². The van der Waals surface area contributed by atoms with E-state index in [9.17, 15) is 9.59 Å². The molecule has 1 N–H and O–H groups in total. The fourth-order valence-electron chi connectivity index (χ4n) is 5.97. The monoisotopic (exact) mass is 638 g/mol. The van der Waals surface area contributed by atoms with Crippen LogP contribution in [0.1, 0.15) is 65.6 Å². The van der Waals surface area contributed by atoms with E-state index in [1.165, 1.54) is 11.1 Å². The molecule has 0 aromatic heterocycles. The molecule has 7 heteroatoms. The number of para-hydroxylation sites is 1. The van der Waals surface area contributed by atoms with Crippen molar-refractivity contribution in [2.45, 2.75) is 50.0 Å². The molecule has 1 aliphatic heterocycles. The van der Waals surface area contributed by atoms with Crippen molar-refractivity contribution < 1.29 is 14.3 Å². The average molecular weight is 640 g/mol. The van der Waals surface area contributed by atoms with Gasteiger partial charge >= 0.3 is 0 Å². The van der Waals surface area contributed by atoms with E-state index in [1.807, 2.05) is 23.1 Å². The zero-order chi connectivity index (χ0) is 26.9. The van der Waals surface area contributed by atoms with Crippen molar-refractivity contribution in [2.75, 3.05) is 20.2 Å². The fourth-order valence-corrected chi connectivity index (χ4v) is 6.59.